The molecule has 0 spiro atoms. The van der Waals surface area contributed by atoms with Gasteiger partial charge in [-0.25, -0.2) is 4.79 Å². The highest BCUT2D eigenvalue weighted by Gasteiger charge is 2.17. The van der Waals surface area contributed by atoms with Crippen LogP contribution in [0.4, 0.5) is 0 Å². The van der Waals surface area contributed by atoms with Crippen molar-refractivity contribution in [1.82, 2.24) is 10.2 Å². The van der Waals surface area contributed by atoms with Crippen molar-refractivity contribution >= 4 is 21.9 Å². The van der Waals surface area contributed by atoms with Crippen LogP contribution < -0.4 is 0 Å². The van der Waals surface area contributed by atoms with Gasteiger partial charge < -0.3 is 4.74 Å². The largest absolute Gasteiger partial charge is 0.461 e. The van der Waals surface area contributed by atoms with Gasteiger partial charge in [0.15, 0.2) is 5.69 Å². The molecule has 1 heterocycles. The molecule has 0 aromatic carbocycles. The zero-order valence-corrected chi connectivity index (χ0v) is 9.85. The number of aromatic amines is 1. The Kier molecular flexibility index (Phi) is 4.13. The third-order valence-corrected chi connectivity index (χ3v) is 2.60. The number of nitrogens with one attached hydrogen (secondary N) is 1. The van der Waals surface area contributed by atoms with Gasteiger partial charge in [0.25, 0.3) is 0 Å². The topological polar surface area (TPSA) is 55.0 Å². The quantitative estimate of drug-likeness (QED) is 0.846. The van der Waals surface area contributed by atoms with Crippen LogP contribution in [-0.2, 0) is 11.2 Å². The fourth-order valence-electron chi connectivity index (χ4n) is 1.11. The zero-order valence-electron chi connectivity index (χ0n) is 8.26. The van der Waals surface area contributed by atoms with Crippen molar-refractivity contribution in [2.45, 2.75) is 26.7 Å². The maximum Gasteiger partial charge on any atom is 0.360 e. The lowest BCUT2D eigenvalue weighted by atomic mass is 10.2. The average molecular weight is 261 g/mol. The number of carbonyl (C=O) groups is 1. The average Bonchev–Trinajstić information content (AvgIpc) is 2.49. The molecule has 4 nitrogen and oxygen atoms in total. The molecule has 0 aliphatic carbocycles. The van der Waals surface area contributed by atoms with Crippen LogP contribution in [0.1, 0.15) is 36.5 Å². The number of hydrogen-bond donors (Lipinski definition) is 1. The van der Waals surface area contributed by atoms with Gasteiger partial charge in [-0.1, -0.05) is 13.3 Å². The number of esters is 1. The molecule has 0 unspecified atom stereocenters. The Hall–Kier alpha value is -0.840. The van der Waals surface area contributed by atoms with E-state index in [-0.39, 0.29) is 0 Å². The first-order valence-electron chi connectivity index (χ1n) is 4.60. The van der Waals surface area contributed by atoms with Gasteiger partial charge in [-0.3, -0.25) is 5.10 Å². The molecule has 5 heteroatoms. The summed E-state index contributed by atoms with van der Waals surface area (Å²) in [6, 6.07) is 0. The number of rotatable bonds is 4. The SMILES string of the molecule is CCCc1[nH]nc(C(=O)OCC)c1Br. The Balaban J connectivity index is 2.83. The van der Waals surface area contributed by atoms with Gasteiger partial charge in [0.2, 0.25) is 0 Å². The first-order chi connectivity index (χ1) is 6.70. The molecule has 1 aromatic rings. The fraction of sp³-hybridized carbons (Fsp3) is 0.556. The van der Waals surface area contributed by atoms with Crippen LogP contribution in [0.2, 0.25) is 0 Å². The van der Waals surface area contributed by atoms with E-state index in [4.69, 9.17) is 4.74 Å². The third kappa shape index (κ3) is 2.35. The Morgan fingerprint density at radius 3 is 2.86 bits per heavy atom. The highest BCUT2D eigenvalue weighted by molar-refractivity contribution is 9.10. The molecular formula is C9H13BrN2O2. The van der Waals surface area contributed by atoms with E-state index < -0.39 is 5.97 Å². The molecule has 0 radical (unpaired) electrons. The highest BCUT2D eigenvalue weighted by atomic mass is 79.9. The normalized spacial score (nSPS) is 10.2. The number of hydrogen-bond acceptors (Lipinski definition) is 3. The van der Waals surface area contributed by atoms with Crippen molar-refractivity contribution in [3.63, 3.8) is 0 Å². The Morgan fingerprint density at radius 1 is 1.57 bits per heavy atom. The summed E-state index contributed by atoms with van der Waals surface area (Å²) in [7, 11) is 0. The molecule has 0 saturated carbocycles. The fourth-order valence-corrected chi connectivity index (χ4v) is 1.65. The first kappa shape index (κ1) is 11.2. The van der Waals surface area contributed by atoms with Crippen molar-refractivity contribution in [3.8, 4) is 0 Å². The molecule has 1 rings (SSSR count). The van der Waals surface area contributed by atoms with Crippen LogP contribution in [0.3, 0.4) is 0 Å². The molecule has 1 N–H and O–H groups in total. The minimum atomic E-state index is -0.391. The number of ether oxygens (including phenoxy) is 1. The summed E-state index contributed by atoms with van der Waals surface area (Å²) in [4.78, 5) is 11.3. The molecule has 78 valence electrons. The summed E-state index contributed by atoms with van der Waals surface area (Å²) < 4.78 is 5.57. The molecule has 1 aromatic heterocycles. The molecule has 14 heavy (non-hydrogen) atoms. The molecule has 0 bridgehead atoms. The number of halogens is 1. The summed E-state index contributed by atoms with van der Waals surface area (Å²) in [5.41, 5.74) is 1.27. The third-order valence-electron chi connectivity index (χ3n) is 1.74. The maximum absolute atomic E-state index is 11.3. The standard InChI is InChI=1S/C9H13BrN2O2/c1-3-5-6-7(10)8(12-11-6)9(13)14-4-2/h3-5H2,1-2H3,(H,11,12). The summed E-state index contributed by atoms with van der Waals surface area (Å²) in [6.45, 7) is 4.20. The van der Waals surface area contributed by atoms with Gasteiger partial charge in [-0.15, -0.1) is 0 Å². The Morgan fingerprint density at radius 2 is 2.29 bits per heavy atom. The van der Waals surface area contributed by atoms with E-state index in [9.17, 15) is 4.79 Å². The first-order valence-corrected chi connectivity index (χ1v) is 5.39. The van der Waals surface area contributed by atoms with Crippen molar-refractivity contribution in [1.29, 1.82) is 0 Å². The van der Waals surface area contributed by atoms with E-state index in [1.54, 1.807) is 6.92 Å². The molecular weight excluding hydrogens is 248 g/mol. The van der Waals surface area contributed by atoms with Crippen LogP contribution in [0, 0.1) is 0 Å². The zero-order chi connectivity index (χ0) is 10.6. The summed E-state index contributed by atoms with van der Waals surface area (Å²) in [5, 5.41) is 6.72. The lowest BCUT2D eigenvalue weighted by Crippen LogP contribution is -2.05. The number of aryl methyl sites for hydroxylation is 1. The highest BCUT2D eigenvalue weighted by Crippen LogP contribution is 2.20. The van der Waals surface area contributed by atoms with Crippen molar-refractivity contribution < 1.29 is 9.53 Å². The van der Waals surface area contributed by atoms with E-state index in [0.29, 0.717) is 12.3 Å². The van der Waals surface area contributed by atoms with Gasteiger partial charge in [0.05, 0.1) is 16.8 Å². The second-order valence-electron chi connectivity index (χ2n) is 2.84. The smallest absolute Gasteiger partial charge is 0.360 e. The van der Waals surface area contributed by atoms with Crippen molar-refractivity contribution in [2.75, 3.05) is 6.61 Å². The molecule has 0 fully saturated rings. The number of H-pyrrole nitrogens is 1. The molecule has 0 saturated heterocycles. The molecule has 0 aliphatic rings. The van der Waals surface area contributed by atoms with Crippen LogP contribution in [0.25, 0.3) is 0 Å². The predicted molar refractivity (Wildman–Crippen MR) is 56.2 cm³/mol. The van der Waals surface area contributed by atoms with Crippen LogP contribution in [-0.4, -0.2) is 22.8 Å². The van der Waals surface area contributed by atoms with Crippen LogP contribution in [0.15, 0.2) is 4.47 Å². The summed E-state index contributed by atoms with van der Waals surface area (Å²) in [6.07, 6.45) is 1.87. The molecule has 0 amide bonds. The van der Waals surface area contributed by atoms with Crippen molar-refractivity contribution in [2.24, 2.45) is 0 Å². The summed E-state index contributed by atoms with van der Waals surface area (Å²) >= 11 is 3.33. The molecule has 0 atom stereocenters. The van der Waals surface area contributed by atoms with Gasteiger partial charge in [-0.2, -0.15) is 5.10 Å². The van der Waals surface area contributed by atoms with E-state index in [0.717, 1.165) is 23.0 Å². The lowest BCUT2D eigenvalue weighted by Gasteiger charge is -1.98. The second kappa shape index (κ2) is 5.14. The Labute approximate surface area is 91.2 Å². The van der Waals surface area contributed by atoms with Crippen LogP contribution in [0.5, 0.6) is 0 Å². The number of aromatic nitrogens is 2. The minimum Gasteiger partial charge on any atom is -0.461 e. The minimum absolute atomic E-state index is 0.329. The summed E-state index contributed by atoms with van der Waals surface area (Å²) in [5.74, 6) is -0.391. The van der Waals surface area contributed by atoms with Crippen LogP contribution >= 0.6 is 15.9 Å². The van der Waals surface area contributed by atoms with Gasteiger partial charge >= 0.3 is 5.97 Å². The lowest BCUT2D eigenvalue weighted by molar-refractivity contribution is 0.0518. The second-order valence-corrected chi connectivity index (χ2v) is 3.63. The predicted octanol–water partition coefficient (Wildman–Crippen LogP) is 2.30. The Bertz CT molecular complexity index is 323. The van der Waals surface area contributed by atoms with E-state index in [1.165, 1.54) is 0 Å². The molecule has 0 aliphatic heterocycles. The van der Waals surface area contributed by atoms with Crippen molar-refractivity contribution in [3.05, 3.63) is 15.9 Å². The maximum atomic E-state index is 11.3. The van der Waals surface area contributed by atoms with E-state index in [2.05, 4.69) is 33.1 Å². The van der Waals surface area contributed by atoms with Gasteiger partial charge in [0, 0.05) is 0 Å². The van der Waals surface area contributed by atoms with Gasteiger partial charge in [0.1, 0.15) is 0 Å². The number of carbonyl (C=O) groups excluding carboxylic acids is 1. The number of nitrogens with zero attached hydrogens (tertiary/aromatic N) is 1. The van der Waals surface area contributed by atoms with E-state index in [1.807, 2.05) is 0 Å². The monoisotopic (exact) mass is 260 g/mol. The van der Waals surface area contributed by atoms with Gasteiger partial charge in [-0.05, 0) is 29.3 Å². The van der Waals surface area contributed by atoms with E-state index >= 15 is 0 Å².